The molecule has 0 rings (SSSR count). The standard InChI is InChI=1S/C16H33F.C14H29F.3C12H25F.2C11H23F.C10H21F.C8H17F/c1-10-15(8,13(6)7)16(9,17)14(11(2)3)12(4)5;1-8-12(5,9-2)14(7,15)13(6,10-3)11-4;1-8(2)11(9(3)4)12(7,13)10(5)6;1-7-8-12(6,13)11(9(2)3)10(4)5;1-6-10(7-2)12(5,13)11(8-3)9-4;1-7-10(5,8-2)11(6,12)9(3)4;1-6-9-11(5,12)10(4,7-2)8-3;1-6-9(7-2)10(5,11)8(3)4;1-6(2)8(5,9)7(3)4/h11-14H,10H2,1-9H3;8-11H2,1-7H3;8-11H,1-7H3;9-11H,7-8H2,1-6H3;10-11H,6-9H2,1-5H3;9H,7-8H2,1-6H3;6-9H2,1-5H3;8-9H,6-7H2,1-5H3;6-7H,1-5H3/t15?,16-;;2*12-;;2*11-;10-;/m1.00.000./s1. The Kier molecular flexibility index (Phi) is 67.4. The monoisotopic (exact) mass is 1670 g/mol. The highest BCUT2D eigenvalue weighted by Crippen LogP contribution is 2.56. The van der Waals surface area contributed by atoms with E-state index in [0.717, 1.165) is 109 Å². The zero-order valence-corrected chi connectivity index (χ0v) is 89.2. The molecule has 1 unspecified atom stereocenters. The third-order valence-corrected chi connectivity index (χ3v) is 32.8. The third kappa shape index (κ3) is 40.1. The molecule has 0 aromatic rings. The molecule has 0 heterocycles. The summed E-state index contributed by atoms with van der Waals surface area (Å²) in [7, 11) is 0. The van der Waals surface area contributed by atoms with E-state index in [1.807, 2.05) is 96.9 Å². The van der Waals surface area contributed by atoms with E-state index in [9.17, 15) is 30.7 Å². The molecule has 0 bridgehead atoms. The molecule has 115 heavy (non-hydrogen) atoms. The van der Waals surface area contributed by atoms with Gasteiger partial charge in [0.15, 0.2) is 0 Å². The van der Waals surface area contributed by atoms with Gasteiger partial charge in [-0.15, -0.1) is 0 Å². The summed E-state index contributed by atoms with van der Waals surface area (Å²) in [6.45, 7) is 111. The van der Waals surface area contributed by atoms with E-state index in [1.54, 1.807) is 48.5 Å². The largest absolute Gasteiger partial charge is 0.244 e. The van der Waals surface area contributed by atoms with Crippen molar-refractivity contribution in [2.75, 3.05) is 0 Å². The lowest BCUT2D eigenvalue weighted by Gasteiger charge is -2.51. The van der Waals surface area contributed by atoms with E-state index in [-0.39, 0.29) is 92.2 Å². The minimum atomic E-state index is -1.11. The molecule has 0 fully saturated rings. The lowest BCUT2D eigenvalue weighted by atomic mass is 9.57. The fourth-order valence-corrected chi connectivity index (χ4v) is 19.7. The summed E-state index contributed by atoms with van der Waals surface area (Å²) in [6.07, 6.45) is 17.2. The summed E-state index contributed by atoms with van der Waals surface area (Å²) in [6, 6.07) is 0. The Balaban J connectivity index is -0.000000158. The van der Waals surface area contributed by atoms with Gasteiger partial charge < -0.3 is 0 Å². The van der Waals surface area contributed by atoms with Gasteiger partial charge in [-0.3, -0.25) is 0 Å². The van der Waals surface area contributed by atoms with Crippen LogP contribution in [0.4, 0.5) is 39.5 Å². The van der Waals surface area contributed by atoms with Crippen molar-refractivity contribution in [3.05, 3.63) is 0 Å². The van der Waals surface area contributed by atoms with Gasteiger partial charge in [0.1, 0.15) is 51.0 Å². The van der Waals surface area contributed by atoms with Crippen molar-refractivity contribution >= 4 is 0 Å². The average Bonchev–Trinajstić information content (AvgIpc) is 0.764. The van der Waals surface area contributed by atoms with Crippen molar-refractivity contribution in [2.45, 2.75) is 554 Å². The third-order valence-electron chi connectivity index (χ3n) is 32.8. The van der Waals surface area contributed by atoms with Crippen LogP contribution in [-0.2, 0) is 0 Å². The molecule has 708 valence electrons. The molecule has 0 N–H and O–H groups in total. The summed E-state index contributed by atoms with van der Waals surface area (Å²) in [5.74, 6) is 4.56. The van der Waals surface area contributed by atoms with Crippen molar-refractivity contribution in [2.24, 2.45) is 134 Å². The predicted molar refractivity (Wildman–Crippen MR) is 509 cm³/mol. The Bertz CT molecular complexity index is 2170. The Morgan fingerprint density at radius 3 is 0.583 bits per heavy atom. The van der Waals surface area contributed by atoms with E-state index in [2.05, 4.69) is 235 Å². The molecule has 0 radical (unpaired) electrons. The van der Waals surface area contributed by atoms with Crippen molar-refractivity contribution in [1.29, 1.82) is 0 Å². The maximum atomic E-state index is 15.6. The van der Waals surface area contributed by atoms with Crippen LogP contribution < -0.4 is 0 Å². The highest BCUT2D eigenvalue weighted by Gasteiger charge is 2.55. The van der Waals surface area contributed by atoms with Gasteiger partial charge in [0.05, 0.1) is 0 Å². The Morgan fingerprint density at radius 1 is 0.209 bits per heavy atom. The molecule has 0 aliphatic rings. The number of alkyl halides is 9. The van der Waals surface area contributed by atoms with Crippen LogP contribution in [-0.4, -0.2) is 51.0 Å². The lowest BCUT2D eigenvalue weighted by Crippen LogP contribution is -2.52. The van der Waals surface area contributed by atoms with E-state index in [4.69, 9.17) is 0 Å². The minimum absolute atomic E-state index is 0.0994. The summed E-state index contributed by atoms with van der Waals surface area (Å²) >= 11 is 0. The molecule has 0 saturated heterocycles. The summed E-state index contributed by atoms with van der Waals surface area (Å²) in [4.78, 5) is 0. The molecule has 9 heteroatoms. The van der Waals surface area contributed by atoms with Crippen LogP contribution in [0.2, 0.25) is 0 Å². The maximum absolute atomic E-state index is 15.6. The van der Waals surface area contributed by atoms with Crippen molar-refractivity contribution < 1.29 is 39.5 Å². The van der Waals surface area contributed by atoms with Crippen LogP contribution in [0.25, 0.3) is 0 Å². The average molecular weight is 1670 g/mol. The zero-order chi connectivity index (χ0) is 94.8. The lowest BCUT2D eigenvalue weighted by molar-refractivity contribution is -0.0946. The second kappa shape index (κ2) is 58.5. The molecule has 0 aliphatic carbocycles. The quantitative estimate of drug-likeness (QED) is 0.0535. The molecule has 0 amide bonds. The number of halogens is 9. The van der Waals surface area contributed by atoms with Crippen LogP contribution in [0.15, 0.2) is 0 Å². The number of hydrogen-bond donors (Lipinski definition) is 0. The van der Waals surface area contributed by atoms with Crippen molar-refractivity contribution in [3.8, 4) is 0 Å². The van der Waals surface area contributed by atoms with Gasteiger partial charge in [0.2, 0.25) is 0 Å². The molecule has 0 aromatic carbocycles. The second-order valence-electron chi connectivity index (χ2n) is 43.1. The van der Waals surface area contributed by atoms with Crippen LogP contribution in [0.5, 0.6) is 0 Å². The topological polar surface area (TPSA) is 0 Å². The van der Waals surface area contributed by atoms with Crippen LogP contribution in [0, 0.1) is 134 Å². The van der Waals surface area contributed by atoms with E-state index in [1.165, 1.54) is 0 Å². The van der Waals surface area contributed by atoms with Crippen LogP contribution in [0.1, 0.15) is 503 Å². The molecule has 7 atom stereocenters. The fourth-order valence-electron chi connectivity index (χ4n) is 19.7. The van der Waals surface area contributed by atoms with Gasteiger partial charge in [0, 0.05) is 27.1 Å². The second-order valence-corrected chi connectivity index (χ2v) is 43.1. The zero-order valence-electron chi connectivity index (χ0n) is 89.2. The van der Waals surface area contributed by atoms with Crippen molar-refractivity contribution in [1.82, 2.24) is 0 Å². The first kappa shape index (κ1) is 132. The van der Waals surface area contributed by atoms with Gasteiger partial charge in [-0.05, 0) is 239 Å². The predicted octanol–water partition coefficient (Wildman–Crippen LogP) is 39.8. The molecule has 0 aromatic heterocycles. The summed E-state index contributed by atoms with van der Waals surface area (Å²) < 4.78 is 129. The summed E-state index contributed by atoms with van der Waals surface area (Å²) in [5, 5.41) is 0. The minimum Gasteiger partial charge on any atom is -0.244 e. The first-order valence-electron chi connectivity index (χ1n) is 48.6. The highest BCUT2D eigenvalue weighted by atomic mass is 19.2. The van der Waals surface area contributed by atoms with Crippen LogP contribution in [0.3, 0.4) is 0 Å². The SMILES string of the molecule is CC(C)C(C(C)C)[C@@](C)(F)C(C)C.CC(C)C(C)(F)C(C)C.CCC(C)(C(C)C)[C@](C)(F)C(C(C)C)C(C)C.CCC(C)(CC)C(C)(F)C(C)(CC)CC.CCC(C)(CC)[C@@](C)(F)C(C)C.CCC(CC)C(C)(F)C(CC)CC.CCC(CC)[C@@](C)(F)C(C)C.CCC[C@](C)(F)C(C(C)C)C(C)C.CCC[C@](C)(F)C(C)(CC)CC. The van der Waals surface area contributed by atoms with Crippen LogP contribution >= 0.6 is 0 Å². The molecule has 0 aliphatic heterocycles. The van der Waals surface area contributed by atoms with E-state index >= 15 is 8.78 Å². The molecular formula is C106H221F9. The van der Waals surface area contributed by atoms with E-state index in [0.29, 0.717) is 54.3 Å². The maximum Gasteiger partial charge on any atom is 0.118 e. The fraction of sp³-hybridized carbons (Fsp3) is 1.00. The highest BCUT2D eigenvalue weighted by molar-refractivity contribution is 5.04. The Hall–Kier alpha value is -0.630. The van der Waals surface area contributed by atoms with Gasteiger partial charge in [-0.2, -0.15) is 0 Å². The Labute approximate surface area is 723 Å². The number of rotatable bonds is 42. The Morgan fingerprint density at radius 2 is 0.443 bits per heavy atom. The molecule has 0 nitrogen and oxygen atoms in total. The van der Waals surface area contributed by atoms with Gasteiger partial charge in [-0.1, -0.05) is 370 Å². The smallest absolute Gasteiger partial charge is 0.118 e. The molecular weight excluding hydrogens is 1440 g/mol. The van der Waals surface area contributed by atoms with Gasteiger partial charge in [0.25, 0.3) is 0 Å². The number of hydrogen-bond acceptors (Lipinski definition) is 0. The van der Waals surface area contributed by atoms with Gasteiger partial charge >= 0.3 is 0 Å². The first-order chi connectivity index (χ1) is 51.4. The summed E-state index contributed by atoms with van der Waals surface area (Å²) in [5.41, 5.74) is -10.2. The molecule has 0 saturated carbocycles. The van der Waals surface area contributed by atoms with Crippen molar-refractivity contribution in [3.63, 3.8) is 0 Å². The normalized spacial score (nSPS) is 16.6. The van der Waals surface area contributed by atoms with E-state index < -0.39 is 51.0 Å². The first-order valence-corrected chi connectivity index (χ1v) is 48.6. The molecule has 0 spiro atoms. The van der Waals surface area contributed by atoms with Gasteiger partial charge in [-0.25, -0.2) is 39.5 Å².